The van der Waals surface area contributed by atoms with Crippen molar-refractivity contribution in [1.29, 1.82) is 0 Å². The number of rotatable bonds is 5. The number of nitrogens with zero attached hydrogens (tertiary/aromatic N) is 2. The molecule has 0 aromatic carbocycles. The van der Waals surface area contributed by atoms with E-state index < -0.39 is 0 Å². The van der Waals surface area contributed by atoms with Crippen molar-refractivity contribution >= 4 is 23.4 Å². The molecule has 4 nitrogen and oxygen atoms in total. The lowest BCUT2D eigenvalue weighted by atomic mass is 10.1. The van der Waals surface area contributed by atoms with Crippen LogP contribution in [0.25, 0.3) is 0 Å². The molecule has 1 aromatic rings. The van der Waals surface area contributed by atoms with Gasteiger partial charge >= 0.3 is 0 Å². The Hall–Kier alpha value is -1.03. The molecule has 0 saturated heterocycles. The molecule has 0 amide bonds. The number of aromatic nitrogens is 2. The number of nitrogens with two attached hydrogens (primary N) is 1. The summed E-state index contributed by atoms with van der Waals surface area (Å²) in [4.78, 5) is 7.95. The highest BCUT2D eigenvalue weighted by molar-refractivity contribution is 6.32. The molecule has 3 N–H and O–H groups in total. The Kier molecular flexibility index (Phi) is 3.49. The molecular formula is C11H17ClN4. The molecule has 1 aromatic heterocycles. The second-order valence-corrected chi connectivity index (χ2v) is 4.76. The minimum atomic E-state index is 0.258. The molecule has 5 heteroatoms. The van der Waals surface area contributed by atoms with E-state index in [1.165, 1.54) is 25.5 Å². The standard InChI is InChI=1S/C11H17ClN4/c1-2-8(5-7-3-4-7)15-10-9(12)6-14-11(13)16-10/h6-8H,2-5H2,1H3,(H3,13,14,15,16). The van der Waals surface area contributed by atoms with Gasteiger partial charge in [0, 0.05) is 6.04 Å². The van der Waals surface area contributed by atoms with Crippen molar-refractivity contribution in [3.8, 4) is 0 Å². The molecule has 1 saturated carbocycles. The first-order valence-electron chi connectivity index (χ1n) is 5.73. The first-order valence-corrected chi connectivity index (χ1v) is 6.11. The monoisotopic (exact) mass is 240 g/mol. The molecule has 16 heavy (non-hydrogen) atoms. The van der Waals surface area contributed by atoms with Crippen molar-refractivity contribution in [3.05, 3.63) is 11.2 Å². The second-order valence-electron chi connectivity index (χ2n) is 4.35. The van der Waals surface area contributed by atoms with Crippen LogP contribution in [-0.2, 0) is 0 Å². The van der Waals surface area contributed by atoms with Crippen LogP contribution in [0.15, 0.2) is 6.20 Å². The largest absolute Gasteiger partial charge is 0.368 e. The summed E-state index contributed by atoms with van der Waals surface area (Å²) >= 11 is 6.01. The summed E-state index contributed by atoms with van der Waals surface area (Å²) in [5, 5.41) is 3.88. The highest BCUT2D eigenvalue weighted by atomic mass is 35.5. The van der Waals surface area contributed by atoms with Gasteiger partial charge < -0.3 is 11.1 Å². The molecule has 1 atom stereocenters. The van der Waals surface area contributed by atoms with Crippen molar-refractivity contribution in [2.45, 2.75) is 38.6 Å². The number of anilines is 2. The minimum absolute atomic E-state index is 0.258. The van der Waals surface area contributed by atoms with Crippen molar-refractivity contribution in [3.63, 3.8) is 0 Å². The predicted octanol–water partition coefficient (Wildman–Crippen LogP) is 2.70. The lowest BCUT2D eigenvalue weighted by Crippen LogP contribution is -2.20. The molecule has 1 unspecified atom stereocenters. The number of nitrogens with one attached hydrogen (secondary N) is 1. The molecule has 1 fully saturated rings. The van der Waals surface area contributed by atoms with Gasteiger partial charge in [-0.1, -0.05) is 31.4 Å². The number of hydrogen-bond acceptors (Lipinski definition) is 4. The SMILES string of the molecule is CCC(CC1CC1)Nc1nc(N)ncc1Cl. The fourth-order valence-electron chi connectivity index (χ4n) is 1.76. The molecule has 0 bridgehead atoms. The zero-order valence-corrected chi connectivity index (χ0v) is 10.2. The van der Waals surface area contributed by atoms with E-state index in [-0.39, 0.29) is 5.95 Å². The van der Waals surface area contributed by atoms with Crippen molar-refractivity contribution in [2.75, 3.05) is 11.1 Å². The van der Waals surface area contributed by atoms with E-state index in [0.717, 1.165) is 12.3 Å². The maximum Gasteiger partial charge on any atom is 0.222 e. The van der Waals surface area contributed by atoms with Gasteiger partial charge in [0.15, 0.2) is 5.82 Å². The van der Waals surface area contributed by atoms with E-state index in [2.05, 4.69) is 22.2 Å². The van der Waals surface area contributed by atoms with Crippen molar-refractivity contribution < 1.29 is 0 Å². The zero-order valence-electron chi connectivity index (χ0n) is 9.41. The Morgan fingerprint density at radius 1 is 1.62 bits per heavy atom. The third kappa shape index (κ3) is 2.98. The van der Waals surface area contributed by atoms with Gasteiger partial charge in [-0.25, -0.2) is 4.98 Å². The first-order chi connectivity index (χ1) is 7.69. The van der Waals surface area contributed by atoms with Gasteiger partial charge in [-0.15, -0.1) is 0 Å². The molecular weight excluding hydrogens is 224 g/mol. The number of halogens is 1. The molecule has 0 aliphatic heterocycles. The Morgan fingerprint density at radius 3 is 3.00 bits per heavy atom. The smallest absolute Gasteiger partial charge is 0.222 e. The topological polar surface area (TPSA) is 63.8 Å². The van der Waals surface area contributed by atoms with Crippen LogP contribution in [-0.4, -0.2) is 16.0 Å². The van der Waals surface area contributed by atoms with E-state index in [9.17, 15) is 0 Å². The highest BCUT2D eigenvalue weighted by Gasteiger charge is 2.25. The average Bonchev–Trinajstić information content (AvgIpc) is 3.06. The van der Waals surface area contributed by atoms with Gasteiger partial charge in [0.2, 0.25) is 5.95 Å². The normalized spacial score (nSPS) is 17.1. The molecule has 2 rings (SSSR count). The third-order valence-electron chi connectivity index (χ3n) is 2.91. The van der Waals surface area contributed by atoms with Crippen LogP contribution in [0.3, 0.4) is 0 Å². The van der Waals surface area contributed by atoms with Crippen LogP contribution >= 0.6 is 11.6 Å². The number of nitrogen functional groups attached to an aromatic ring is 1. The quantitative estimate of drug-likeness (QED) is 0.831. The summed E-state index contributed by atoms with van der Waals surface area (Å²) in [7, 11) is 0. The summed E-state index contributed by atoms with van der Waals surface area (Å²) in [6.07, 6.45) is 6.51. The molecule has 88 valence electrons. The van der Waals surface area contributed by atoms with E-state index in [1.54, 1.807) is 0 Å². The Morgan fingerprint density at radius 2 is 2.38 bits per heavy atom. The summed E-state index contributed by atoms with van der Waals surface area (Å²) in [5.41, 5.74) is 5.54. The van der Waals surface area contributed by atoms with Crippen LogP contribution in [0, 0.1) is 5.92 Å². The van der Waals surface area contributed by atoms with Gasteiger partial charge in [-0.2, -0.15) is 4.98 Å². The molecule has 0 spiro atoms. The lowest BCUT2D eigenvalue weighted by Gasteiger charge is -2.17. The molecule has 0 radical (unpaired) electrons. The van der Waals surface area contributed by atoms with Gasteiger partial charge in [0.25, 0.3) is 0 Å². The maximum absolute atomic E-state index is 6.01. The van der Waals surface area contributed by atoms with Gasteiger partial charge in [0.05, 0.1) is 6.20 Å². The minimum Gasteiger partial charge on any atom is -0.368 e. The summed E-state index contributed by atoms with van der Waals surface area (Å²) < 4.78 is 0. The first kappa shape index (κ1) is 11.5. The average molecular weight is 241 g/mol. The van der Waals surface area contributed by atoms with E-state index in [1.807, 2.05) is 0 Å². The molecule has 1 heterocycles. The van der Waals surface area contributed by atoms with E-state index >= 15 is 0 Å². The van der Waals surface area contributed by atoms with Crippen LogP contribution in [0.1, 0.15) is 32.6 Å². The Bertz CT molecular complexity index is 365. The van der Waals surface area contributed by atoms with Crippen LogP contribution in [0.5, 0.6) is 0 Å². The van der Waals surface area contributed by atoms with Gasteiger partial charge in [-0.3, -0.25) is 0 Å². The van der Waals surface area contributed by atoms with Crippen LogP contribution in [0.2, 0.25) is 5.02 Å². The summed E-state index contributed by atoms with van der Waals surface area (Å²) in [6, 6.07) is 0.430. The Balaban J connectivity index is 2.01. The zero-order chi connectivity index (χ0) is 11.5. The van der Waals surface area contributed by atoms with Crippen LogP contribution in [0.4, 0.5) is 11.8 Å². The molecule has 1 aliphatic rings. The third-order valence-corrected chi connectivity index (χ3v) is 3.19. The van der Waals surface area contributed by atoms with Crippen molar-refractivity contribution in [1.82, 2.24) is 9.97 Å². The highest BCUT2D eigenvalue weighted by Crippen LogP contribution is 2.35. The van der Waals surface area contributed by atoms with E-state index in [4.69, 9.17) is 17.3 Å². The van der Waals surface area contributed by atoms with E-state index in [0.29, 0.717) is 16.9 Å². The van der Waals surface area contributed by atoms with Gasteiger partial charge in [-0.05, 0) is 18.8 Å². The lowest BCUT2D eigenvalue weighted by molar-refractivity contribution is 0.585. The fraction of sp³-hybridized carbons (Fsp3) is 0.636. The number of hydrogen-bond donors (Lipinski definition) is 2. The fourth-order valence-corrected chi connectivity index (χ4v) is 1.90. The summed E-state index contributed by atoms with van der Waals surface area (Å²) in [6.45, 7) is 2.17. The Labute approximate surface area is 101 Å². The van der Waals surface area contributed by atoms with Crippen LogP contribution < -0.4 is 11.1 Å². The summed E-state index contributed by atoms with van der Waals surface area (Å²) in [5.74, 6) is 1.80. The molecule has 1 aliphatic carbocycles. The second kappa shape index (κ2) is 4.87. The predicted molar refractivity (Wildman–Crippen MR) is 66.5 cm³/mol. The maximum atomic E-state index is 6.01. The van der Waals surface area contributed by atoms with Gasteiger partial charge in [0.1, 0.15) is 5.02 Å². The van der Waals surface area contributed by atoms with Crippen molar-refractivity contribution in [2.24, 2.45) is 5.92 Å².